The summed E-state index contributed by atoms with van der Waals surface area (Å²) >= 11 is 0. The van der Waals surface area contributed by atoms with Crippen molar-refractivity contribution in [2.24, 2.45) is 11.3 Å². The fraction of sp³-hybridized carbons (Fsp3) is 0.562. The molecule has 98 valence electrons. The molecule has 1 aromatic carbocycles. The molecule has 1 aliphatic rings. The van der Waals surface area contributed by atoms with Gasteiger partial charge in [-0.25, -0.2) is 0 Å². The van der Waals surface area contributed by atoms with E-state index in [4.69, 9.17) is 4.74 Å². The molecule has 0 amide bonds. The lowest BCUT2D eigenvalue weighted by atomic mass is 9.93. The summed E-state index contributed by atoms with van der Waals surface area (Å²) in [4.78, 5) is 12.1. The number of rotatable bonds is 5. The lowest BCUT2D eigenvalue weighted by molar-refractivity contribution is -0.145. The highest BCUT2D eigenvalue weighted by atomic mass is 16.5. The van der Waals surface area contributed by atoms with E-state index in [9.17, 15) is 4.79 Å². The van der Waals surface area contributed by atoms with E-state index in [1.165, 1.54) is 5.56 Å². The van der Waals surface area contributed by atoms with E-state index in [-0.39, 0.29) is 17.3 Å². The second-order valence-electron chi connectivity index (χ2n) is 5.06. The summed E-state index contributed by atoms with van der Waals surface area (Å²) in [5.41, 5.74) is 1.40. The number of hydrogen-bond acceptors (Lipinski definition) is 2. The maximum absolute atomic E-state index is 12.1. The monoisotopic (exact) mass is 246 g/mol. The standard InChI is InChI=1S/C16H22O2/c1-4-16(5-2)13(12-10-8-7-9-11-12)14(16)15(17)18-6-3/h7-11,13-14H,4-6H2,1-3H3. The van der Waals surface area contributed by atoms with E-state index in [2.05, 4.69) is 26.0 Å². The Morgan fingerprint density at radius 1 is 1.17 bits per heavy atom. The number of esters is 1. The van der Waals surface area contributed by atoms with Gasteiger partial charge >= 0.3 is 5.97 Å². The van der Waals surface area contributed by atoms with Crippen LogP contribution in [0.5, 0.6) is 0 Å². The smallest absolute Gasteiger partial charge is 0.310 e. The summed E-state index contributed by atoms with van der Waals surface area (Å²) in [7, 11) is 0. The second-order valence-corrected chi connectivity index (χ2v) is 5.06. The van der Waals surface area contributed by atoms with Crippen LogP contribution in [0.2, 0.25) is 0 Å². The van der Waals surface area contributed by atoms with Gasteiger partial charge in [0.05, 0.1) is 12.5 Å². The van der Waals surface area contributed by atoms with Crippen LogP contribution in [0.4, 0.5) is 0 Å². The molecule has 2 heteroatoms. The third kappa shape index (κ3) is 1.94. The summed E-state index contributed by atoms with van der Waals surface area (Å²) in [5, 5.41) is 0. The van der Waals surface area contributed by atoms with E-state index >= 15 is 0 Å². The molecule has 0 aromatic heterocycles. The number of benzene rings is 1. The van der Waals surface area contributed by atoms with E-state index in [1.54, 1.807) is 0 Å². The Balaban J connectivity index is 2.26. The fourth-order valence-corrected chi connectivity index (χ4v) is 3.41. The van der Waals surface area contributed by atoms with Crippen LogP contribution in [-0.4, -0.2) is 12.6 Å². The van der Waals surface area contributed by atoms with Crippen molar-refractivity contribution in [3.63, 3.8) is 0 Å². The van der Waals surface area contributed by atoms with Gasteiger partial charge in [0.25, 0.3) is 0 Å². The molecule has 2 unspecified atom stereocenters. The molecule has 2 nitrogen and oxygen atoms in total. The average molecular weight is 246 g/mol. The average Bonchev–Trinajstić information content (AvgIpc) is 3.09. The molecular formula is C16H22O2. The van der Waals surface area contributed by atoms with Gasteiger partial charge in [0, 0.05) is 5.92 Å². The highest BCUT2D eigenvalue weighted by Gasteiger charge is 2.66. The Kier molecular flexibility index (Phi) is 3.74. The van der Waals surface area contributed by atoms with Crippen LogP contribution < -0.4 is 0 Å². The third-order valence-corrected chi connectivity index (χ3v) is 4.48. The van der Waals surface area contributed by atoms with Crippen molar-refractivity contribution in [1.29, 1.82) is 0 Å². The van der Waals surface area contributed by atoms with Crippen molar-refractivity contribution in [1.82, 2.24) is 0 Å². The number of carbonyl (C=O) groups excluding carboxylic acids is 1. The maximum atomic E-state index is 12.1. The van der Waals surface area contributed by atoms with Crippen molar-refractivity contribution >= 4 is 5.97 Å². The van der Waals surface area contributed by atoms with Gasteiger partial charge in [0.1, 0.15) is 0 Å². The fourth-order valence-electron chi connectivity index (χ4n) is 3.41. The molecule has 0 bridgehead atoms. The Hall–Kier alpha value is -1.31. The number of ether oxygens (including phenoxy) is 1. The molecule has 2 rings (SSSR count). The number of carbonyl (C=O) groups is 1. The quantitative estimate of drug-likeness (QED) is 0.739. The molecule has 0 heterocycles. The van der Waals surface area contributed by atoms with Crippen LogP contribution in [-0.2, 0) is 9.53 Å². The van der Waals surface area contributed by atoms with Crippen LogP contribution in [0.1, 0.15) is 45.1 Å². The minimum Gasteiger partial charge on any atom is -0.466 e. The van der Waals surface area contributed by atoms with Crippen LogP contribution in [0.25, 0.3) is 0 Å². The number of hydrogen-bond donors (Lipinski definition) is 0. The zero-order chi connectivity index (χ0) is 13.2. The van der Waals surface area contributed by atoms with E-state index < -0.39 is 0 Å². The van der Waals surface area contributed by atoms with Crippen LogP contribution >= 0.6 is 0 Å². The van der Waals surface area contributed by atoms with Crippen molar-refractivity contribution in [2.45, 2.75) is 39.5 Å². The summed E-state index contributed by atoms with van der Waals surface area (Å²) in [6.45, 7) is 6.70. The maximum Gasteiger partial charge on any atom is 0.310 e. The molecule has 0 aliphatic heterocycles. The summed E-state index contributed by atoms with van der Waals surface area (Å²) in [6, 6.07) is 10.4. The van der Waals surface area contributed by atoms with Crippen LogP contribution in [0.3, 0.4) is 0 Å². The first-order chi connectivity index (χ1) is 8.71. The molecule has 0 radical (unpaired) electrons. The Labute approximate surface area is 109 Å². The summed E-state index contributed by atoms with van der Waals surface area (Å²) in [5.74, 6) is 0.373. The Bertz CT molecular complexity index is 406. The Morgan fingerprint density at radius 3 is 2.28 bits per heavy atom. The molecule has 1 aromatic rings. The van der Waals surface area contributed by atoms with E-state index in [0.717, 1.165) is 12.8 Å². The topological polar surface area (TPSA) is 26.3 Å². The lowest BCUT2D eigenvalue weighted by Gasteiger charge is -2.12. The first-order valence-corrected chi connectivity index (χ1v) is 6.92. The summed E-state index contributed by atoms with van der Waals surface area (Å²) in [6.07, 6.45) is 2.07. The van der Waals surface area contributed by atoms with Crippen molar-refractivity contribution in [2.75, 3.05) is 6.61 Å². The molecule has 18 heavy (non-hydrogen) atoms. The predicted molar refractivity (Wildman–Crippen MR) is 72.3 cm³/mol. The van der Waals surface area contributed by atoms with Crippen LogP contribution in [0.15, 0.2) is 30.3 Å². The van der Waals surface area contributed by atoms with Gasteiger partial charge in [-0.05, 0) is 30.7 Å². The molecule has 1 aliphatic carbocycles. The van der Waals surface area contributed by atoms with Gasteiger partial charge in [-0.15, -0.1) is 0 Å². The first kappa shape index (κ1) is 13.1. The normalized spacial score (nSPS) is 24.6. The van der Waals surface area contributed by atoms with Gasteiger partial charge in [-0.3, -0.25) is 4.79 Å². The largest absolute Gasteiger partial charge is 0.466 e. The highest BCUT2D eigenvalue weighted by Crippen LogP contribution is 2.69. The minimum atomic E-state index is -0.0185. The first-order valence-electron chi connectivity index (χ1n) is 6.92. The van der Waals surface area contributed by atoms with Crippen molar-refractivity contribution in [3.05, 3.63) is 35.9 Å². The predicted octanol–water partition coefficient (Wildman–Crippen LogP) is 3.77. The zero-order valence-corrected chi connectivity index (χ0v) is 11.5. The molecule has 1 fully saturated rings. The van der Waals surface area contributed by atoms with Gasteiger partial charge in [0.2, 0.25) is 0 Å². The summed E-state index contributed by atoms with van der Waals surface area (Å²) < 4.78 is 5.24. The SMILES string of the molecule is CCOC(=O)C1C(c2ccccc2)C1(CC)CC. The highest BCUT2D eigenvalue weighted by molar-refractivity contribution is 5.79. The second kappa shape index (κ2) is 5.13. The molecule has 0 N–H and O–H groups in total. The minimum absolute atomic E-state index is 0.0185. The van der Waals surface area contributed by atoms with Gasteiger partial charge in [-0.2, -0.15) is 0 Å². The van der Waals surface area contributed by atoms with Crippen molar-refractivity contribution in [3.8, 4) is 0 Å². The van der Waals surface area contributed by atoms with E-state index in [1.807, 2.05) is 25.1 Å². The molecule has 2 atom stereocenters. The van der Waals surface area contributed by atoms with Gasteiger partial charge in [0.15, 0.2) is 0 Å². The molecular weight excluding hydrogens is 224 g/mol. The van der Waals surface area contributed by atoms with Gasteiger partial charge < -0.3 is 4.74 Å². The van der Waals surface area contributed by atoms with Crippen LogP contribution in [0, 0.1) is 11.3 Å². The van der Waals surface area contributed by atoms with E-state index in [0.29, 0.717) is 12.5 Å². The lowest BCUT2D eigenvalue weighted by Crippen LogP contribution is -2.12. The zero-order valence-electron chi connectivity index (χ0n) is 11.5. The van der Waals surface area contributed by atoms with Crippen molar-refractivity contribution < 1.29 is 9.53 Å². The molecule has 0 spiro atoms. The molecule has 0 saturated heterocycles. The molecule has 1 saturated carbocycles. The Morgan fingerprint density at radius 2 is 1.78 bits per heavy atom. The van der Waals surface area contributed by atoms with Gasteiger partial charge in [-0.1, -0.05) is 44.2 Å². The third-order valence-electron chi connectivity index (χ3n) is 4.48.